The third-order valence-corrected chi connectivity index (χ3v) is 4.92. The van der Waals surface area contributed by atoms with Gasteiger partial charge in [0.2, 0.25) is 0 Å². The van der Waals surface area contributed by atoms with E-state index in [1.807, 2.05) is 25.3 Å². The van der Waals surface area contributed by atoms with Gasteiger partial charge in [-0.25, -0.2) is 0 Å². The minimum Gasteiger partial charge on any atom is -0.330 e. The molecule has 4 nitrogen and oxygen atoms in total. The third-order valence-electron chi connectivity index (χ3n) is 4.06. The normalized spacial score (nSPS) is 14.0. The maximum atomic E-state index is 12.3. The molecule has 1 N–H and O–H groups in total. The summed E-state index contributed by atoms with van der Waals surface area (Å²) in [4.78, 5) is 13.0. The zero-order valence-corrected chi connectivity index (χ0v) is 13.0. The first kappa shape index (κ1) is 13.9. The Morgan fingerprint density at radius 1 is 1.52 bits per heavy atom. The van der Waals surface area contributed by atoms with E-state index in [9.17, 15) is 10.1 Å². The summed E-state index contributed by atoms with van der Waals surface area (Å²) < 4.78 is 2.09. The molecule has 0 unspecified atom stereocenters. The quantitative estimate of drug-likeness (QED) is 0.935. The van der Waals surface area contributed by atoms with Crippen molar-refractivity contribution in [3.05, 3.63) is 39.2 Å². The summed E-state index contributed by atoms with van der Waals surface area (Å²) in [6.45, 7) is 4.84. The lowest BCUT2D eigenvalue weighted by Crippen LogP contribution is -2.16. The maximum Gasteiger partial charge on any atom is 0.266 e. The first-order valence-corrected chi connectivity index (χ1v) is 7.94. The lowest BCUT2D eigenvalue weighted by Gasteiger charge is -2.12. The molecule has 1 aliphatic rings. The van der Waals surface area contributed by atoms with Crippen molar-refractivity contribution < 1.29 is 4.79 Å². The Labute approximate surface area is 128 Å². The highest BCUT2D eigenvalue weighted by Crippen LogP contribution is 2.35. The number of hydrogen-bond donors (Lipinski definition) is 1. The Morgan fingerprint density at radius 2 is 2.29 bits per heavy atom. The van der Waals surface area contributed by atoms with Gasteiger partial charge in [-0.2, -0.15) is 5.26 Å². The van der Waals surface area contributed by atoms with Crippen molar-refractivity contribution in [2.75, 3.05) is 5.32 Å². The van der Waals surface area contributed by atoms with E-state index < -0.39 is 0 Å². The fourth-order valence-corrected chi connectivity index (χ4v) is 3.11. The number of hydrogen-bond acceptors (Lipinski definition) is 3. The van der Waals surface area contributed by atoms with E-state index in [1.54, 1.807) is 6.07 Å². The van der Waals surface area contributed by atoms with Crippen molar-refractivity contribution in [2.24, 2.45) is 5.92 Å². The Balaban J connectivity index is 1.97. The molecule has 108 valence electrons. The van der Waals surface area contributed by atoms with E-state index in [4.69, 9.17) is 0 Å². The molecule has 0 spiro atoms. The Bertz CT molecular complexity index is 718. The van der Waals surface area contributed by atoms with E-state index in [0.717, 1.165) is 17.8 Å². The minimum atomic E-state index is -0.143. The number of thiophene rings is 1. The van der Waals surface area contributed by atoms with Gasteiger partial charge in [-0.05, 0) is 49.6 Å². The van der Waals surface area contributed by atoms with Crippen molar-refractivity contribution in [3.63, 3.8) is 0 Å². The van der Waals surface area contributed by atoms with Crippen molar-refractivity contribution in [3.8, 4) is 6.07 Å². The minimum absolute atomic E-state index is 0.143. The van der Waals surface area contributed by atoms with Gasteiger partial charge in [0.25, 0.3) is 5.91 Å². The molecule has 21 heavy (non-hydrogen) atoms. The topological polar surface area (TPSA) is 57.8 Å². The van der Waals surface area contributed by atoms with Gasteiger partial charge in [0.05, 0.1) is 10.4 Å². The van der Waals surface area contributed by atoms with Crippen LogP contribution in [-0.2, 0) is 6.54 Å². The maximum absolute atomic E-state index is 12.3. The number of carbonyl (C=O) groups is 1. The number of aromatic nitrogens is 1. The van der Waals surface area contributed by atoms with Crippen LogP contribution in [0.4, 0.5) is 5.82 Å². The molecular formula is C16H17N3OS. The Hall–Kier alpha value is -2.06. The van der Waals surface area contributed by atoms with Crippen LogP contribution in [0.15, 0.2) is 17.5 Å². The monoisotopic (exact) mass is 299 g/mol. The predicted molar refractivity (Wildman–Crippen MR) is 83.6 cm³/mol. The predicted octanol–water partition coefficient (Wildman–Crippen LogP) is 3.70. The smallest absolute Gasteiger partial charge is 0.266 e. The molecule has 0 radical (unpaired) electrons. The SMILES string of the molecule is Cc1c(C#N)c(NC(=O)c2cccs2)n(CC2CC2)c1C. The van der Waals surface area contributed by atoms with Crippen molar-refractivity contribution >= 4 is 23.1 Å². The van der Waals surface area contributed by atoms with E-state index in [-0.39, 0.29) is 5.91 Å². The van der Waals surface area contributed by atoms with Gasteiger partial charge in [-0.1, -0.05) is 6.07 Å². The van der Waals surface area contributed by atoms with Crippen LogP contribution in [0.5, 0.6) is 0 Å². The number of rotatable bonds is 4. The average molecular weight is 299 g/mol. The molecule has 1 saturated carbocycles. The van der Waals surface area contributed by atoms with Gasteiger partial charge >= 0.3 is 0 Å². The Morgan fingerprint density at radius 3 is 2.86 bits per heavy atom. The molecule has 1 aliphatic carbocycles. The zero-order valence-electron chi connectivity index (χ0n) is 12.1. The molecule has 2 heterocycles. The summed E-state index contributed by atoms with van der Waals surface area (Å²) >= 11 is 1.40. The molecule has 0 saturated heterocycles. The second-order valence-electron chi connectivity index (χ2n) is 5.53. The second kappa shape index (κ2) is 5.38. The second-order valence-corrected chi connectivity index (χ2v) is 6.48. The highest BCUT2D eigenvalue weighted by molar-refractivity contribution is 7.12. The first-order valence-electron chi connectivity index (χ1n) is 7.06. The van der Waals surface area contributed by atoms with Gasteiger partial charge in [0.1, 0.15) is 11.9 Å². The molecule has 0 aliphatic heterocycles. The van der Waals surface area contributed by atoms with Crippen molar-refractivity contribution in [1.29, 1.82) is 5.26 Å². The van der Waals surface area contributed by atoms with Crippen LogP contribution in [0.3, 0.4) is 0 Å². The molecule has 1 amide bonds. The van der Waals surface area contributed by atoms with Crippen LogP contribution in [0, 0.1) is 31.1 Å². The van der Waals surface area contributed by atoms with Gasteiger partial charge in [-0.15, -0.1) is 11.3 Å². The lowest BCUT2D eigenvalue weighted by atomic mass is 10.2. The summed E-state index contributed by atoms with van der Waals surface area (Å²) in [6.07, 6.45) is 2.47. The molecule has 2 aromatic rings. The summed E-state index contributed by atoms with van der Waals surface area (Å²) in [5.41, 5.74) is 2.61. The molecule has 1 fully saturated rings. The van der Waals surface area contributed by atoms with Crippen LogP contribution < -0.4 is 5.32 Å². The van der Waals surface area contributed by atoms with Gasteiger partial charge in [0.15, 0.2) is 0 Å². The van der Waals surface area contributed by atoms with Crippen molar-refractivity contribution in [1.82, 2.24) is 4.57 Å². The average Bonchev–Trinajstić information content (AvgIpc) is 3.06. The molecule has 2 aromatic heterocycles. The van der Waals surface area contributed by atoms with Crippen LogP contribution >= 0.6 is 11.3 Å². The highest BCUT2D eigenvalue weighted by atomic mass is 32.1. The number of nitrogens with zero attached hydrogens (tertiary/aromatic N) is 2. The van der Waals surface area contributed by atoms with E-state index in [0.29, 0.717) is 22.2 Å². The number of nitrogens with one attached hydrogen (secondary N) is 1. The molecule has 5 heteroatoms. The van der Waals surface area contributed by atoms with E-state index in [2.05, 4.69) is 16.0 Å². The summed E-state index contributed by atoms with van der Waals surface area (Å²) in [7, 11) is 0. The van der Waals surface area contributed by atoms with Gasteiger partial charge in [0, 0.05) is 12.2 Å². The van der Waals surface area contributed by atoms with Gasteiger partial charge < -0.3 is 9.88 Å². The number of carbonyl (C=O) groups excluding carboxylic acids is 1. The van der Waals surface area contributed by atoms with Gasteiger partial charge in [-0.3, -0.25) is 4.79 Å². The molecular weight excluding hydrogens is 282 g/mol. The number of nitriles is 1. The first-order chi connectivity index (χ1) is 10.1. The molecule has 0 bridgehead atoms. The van der Waals surface area contributed by atoms with Crippen molar-refractivity contribution in [2.45, 2.75) is 33.2 Å². The number of amides is 1. The fraction of sp³-hybridized carbons (Fsp3) is 0.375. The number of anilines is 1. The summed E-state index contributed by atoms with van der Waals surface area (Å²) in [6, 6.07) is 5.88. The zero-order chi connectivity index (χ0) is 15.0. The summed E-state index contributed by atoms with van der Waals surface area (Å²) in [5.74, 6) is 1.19. The third kappa shape index (κ3) is 2.59. The largest absolute Gasteiger partial charge is 0.330 e. The Kier molecular flexibility index (Phi) is 3.56. The standard InChI is InChI=1S/C16H17N3OS/c1-10-11(2)19(9-12-5-6-12)15(13(10)8-17)18-16(20)14-4-3-7-21-14/h3-4,7,12H,5-6,9H2,1-2H3,(H,18,20). The molecule has 3 rings (SSSR count). The fourth-order valence-electron chi connectivity index (χ4n) is 2.49. The molecule has 0 aromatic carbocycles. The van der Waals surface area contributed by atoms with E-state index in [1.165, 1.54) is 24.2 Å². The summed E-state index contributed by atoms with van der Waals surface area (Å²) in [5, 5.41) is 14.2. The lowest BCUT2D eigenvalue weighted by molar-refractivity contribution is 0.102. The van der Waals surface area contributed by atoms with Crippen LogP contribution in [0.2, 0.25) is 0 Å². The van der Waals surface area contributed by atoms with Crippen LogP contribution in [-0.4, -0.2) is 10.5 Å². The van der Waals surface area contributed by atoms with Crippen LogP contribution in [0.25, 0.3) is 0 Å². The van der Waals surface area contributed by atoms with E-state index >= 15 is 0 Å². The highest BCUT2D eigenvalue weighted by Gasteiger charge is 2.27. The molecule has 0 atom stereocenters. The van der Waals surface area contributed by atoms with Crippen LogP contribution in [0.1, 0.15) is 39.3 Å².